The molecule has 0 spiro atoms. The molecule has 0 saturated heterocycles. The van der Waals surface area contributed by atoms with Gasteiger partial charge in [0, 0.05) is 17.2 Å². The Hall–Kier alpha value is -3.01. The number of aliphatic carboxylic acids is 1. The van der Waals surface area contributed by atoms with Gasteiger partial charge in [-0.15, -0.1) is 0 Å². The normalized spacial score (nSPS) is 11.5. The molecule has 27 heavy (non-hydrogen) atoms. The second kappa shape index (κ2) is 9.08. The predicted molar refractivity (Wildman–Crippen MR) is 98.3 cm³/mol. The molecular weight excluding hydrogens is 420 g/mol. The standard InChI is InChI=1S/C17H17BrN4O5/c1-9(10-2-4-11(18)5-3-10)21-15(25)12-8-20-14(22-16(12)26)17(27)19-7-6-13(23)24/h2-5,8-9H,6-7H2,1H3,(H,19,27)(H,21,25)(H,23,24)(H,20,22,26)/t9-/m1/s1. The van der Waals surface area contributed by atoms with E-state index in [0.29, 0.717) is 0 Å². The molecule has 4 N–H and O–H groups in total. The number of aromatic hydroxyl groups is 1. The van der Waals surface area contributed by atoms with Gasteiger partial charge in [-0.05, 0) is 24.6 Å². The van der Waals surface area contributed by atoms with Gasteiger partial charge in [0.25, 0.3) is 11.8 Å². The molecule has 10 heteroatoms. The summed E-state index contributed by atoms with van der Waals surface area (Å²) in [7, 11) is 0. The number of carbonyl (C=O) groups excluding carboxylic acids is 2. The molecule has 1 heterocycles. The van der Waals surface area contributed by atoms with Gasteiger partial charge in [-0.2, -0.15) is 4.98 Å². The monoisotopic (exact) mass is 436 g/mol. The number of rotatable bonds is 7. The van der Waals surface area contributed by atoms with Crippen LogP contribution < -0.4 is 10.6 Å². The Bertz CT molecular complexity index is 857. The van der Waals surface area contributed by atoms with Crippen LogP contribution in [0.3, 0.4) is 0 Å². The van der Waals surface area contributed by atoms with E-state index in [0.717, 1.165) is 16.2 Å². The molecule has 0 bridgehead atoms. The smallest absolute Gasteiger partial charge is 0.305 e. The number of benzene rings is 1. The maximum absolute atomic E-state index is 12.3. The molecule has 1 aromatic heterocycles. The topological polar surface area (TPSA) is 142 Å². The maximum atomic E-state index is 12.3. The SMILES string of the molecule is C[C@@H](NC(=O)c1cnc(C(=O)NCCC(=O)O)nc1O)c1ccc(Br)cc1. The molecule has 1 atom stereocenters. The number of nitrogens with zero attached hydrogens (tertiary/aromatic N) is 2. The van der Waals surface area contributed by atoms with E-state index in [9.17, 15) is 19.5 Å². The van der Waals surface area contributed by atoms with E-state index in [-0.39, 0.29) is 30.4 Å². The highest BCUT2D eigenvalue weighted by Gasteiger charge is 2.19. The highest BCUT2D eigenvalue weighted by Crippen LogP contribution is 2.18. The average molecular weight is 437 g/mol. The molecule has 0 radical (unpaired) electrons. The minimum atomic E-state index is -1.06. The van der Waals surface area contributed by atoms with Gasteiger partial charge in [0.05, 0.1) is 12.5 Å². The molecule has 2 rings (SSSR count). The van der Waals surface area contributed by atoms with E-state index in [1.165, 1.54) is 0 Å². The number of nitrogens with one attached hydrogen (secondary N) is 2. The third kappa shape index (κ3) is 5.74. The van der Waals surface area contributed by atoms with Crippen LogP contribution in [0.2, 0.25) is 0 Å². The first-order valence-electron chi connectivity index (χ1n) is 7.90. The molecular formula is C17H17BrN4O5. The van der Waals surface area contributed by atoms with Gasteiger partial charge in [-0.3, -0.25) is 14.4 Å². The van der Waals surface area contributed by atoms with Crippen LogP contribution in [0.5, 0.6) is 5.88 Å². The zero-order valence-electron chi connectivity index (χ0n) is 14.3. The second-order valence-corrected chi connectivity index (χ2v) is 6.49. The van der Waals surface area contributed by atoms with E-state index in [1.54, 1.807) is 6.92 Å². The van der Waals surface area contributed by atoms with Crippen LogP contribution in [0.15, 0.2) is 34.9 Å². The number of carboxylic acids is 1. The Morgan fingerprint density at radius 1 is 1.19 bits per heavy atom. The summed E-state index contributed by atoms with van der Waals surface area (Å²) in [6.45, 7) is 1.68. The number of amides is 2. The zero-order chi connectivity index (χ0) is 20.0. The summed E-state index contributed by atoms with van der Waals surface area (Å²) in [4.78, 5) is 41.9. The average Bonchev–Trinajstić information content (AvgIpc) is 2.61. The first kappa shape index (κ1) is 20.3. The van der Waals surface area contributed by atoms with Crippen LogP contribution in [0.1, 0.15) is 45.9 Å². The van der Waals surface area contributed by atoms with Crippen LogP contribution in [-0.2, 0) is 4.79 Å². The van der Waals surface area contributed by atoms with Gasteiger partial charge in [0.2, 0.25) is 11.7 Å². The lowest BCUT2D eigenvalue weighted by atomic mass is 10.1. The van der Waals surface area contributed by atoms with E-state index in [1.807, 2.05) is 24.3 Å². The second-order valence-electron chi connectivity index (χ2n) is 5.58. The van der Waals surface area contributed by atoms with Gasteiger partial charge >= 0.3 is 5.97 Å². The highest BCUT2D eigenvalue weighted by molar-refractivity contribution is 9.10. The molecule has 1 aromatic carbocycles. The van der Waals surface area contributed by atoms with E-state index < -0.39 is 23.7 Å². The largest absolute Gasteiger partial charge is 0.493 e. The summed E-state index contributed by atoms with van der Waals surface area (Å²) in [5, 5.41) is 23.5. The van der Waals surface area contributed by atoms with Gasteiger partial charge in [-0.25, -0.2) is 4.98 Å². The van der Waals surface area contributed by atoms with Crippen molar-refractivity contribution < 1.29 is 24.6 Å². The summed E-state index contributed by atoms with van der Waals surface area (Å²) < 4.78 is 0.910. The van der Waals surface area contributed by atoms with Crippen molar-refractivity contribution in [3.05, 3.63) is 51.9 Å². The lowest BCUT2D eigenvalue weighted by Crippen LogP contribution is -2.29. The van der Waals surface area contributed by atoms with Crippen molar-refractivity contribution >= 4 is 33.7 Å². The Labute approximate surface area is 163 Å². The number of halogens is 1. The van der Waals surface area contributed by atoms with Crippen molar-refractivity contribution in [3.8, 4) is 5.88 Å². The van der Waals surface area contributed by atoms with Crippen LogP contribution >= 0.6 is 15.9 Å². The molecule has 0 aliphatic heterocycles. The first-order chi connectivity index (χ1) is 12.8. The van der Waals surface area contributed by atoms with E-state index in [2.05, 4.69) is 36.5 Å². The third-order valence-corrected chi connectivity index (χ3v) is 4.09. The van der Waals surface area contributed by atoms with Gasteiger partial charge in [-0.1, -0.05) is 28.1 Å². The maximum Gasteiger partial charge on any atom is 0.305 e. The molecule has 2 amide bonds. The Morgan fingerprint density at radius 3 is 2.44 bits per heavy atom. The summed E-state index contributed by atoms with van der Waals surface area (Å²) in [6.07, 6.45) is 0.782. The molecule has 0 aliphatic rings. The number of hydrogen-bond acceptors (Lipinski definition) is 6. The minimum absolute atomic E-state index is 0.106. The first-order valence-corrected chi connectivity index (χ1v) is 8.69. The number of carbonyl (C=O) groups is 3. The van der Waals surface area contributed by atoms with Crippen molar-refractivity contribution in [3.63, 3.8) is 0 Å². The van der Waals surface area contributed by atoms with E-state index in [4.69, 9.17) is 5.11 Å². The molecule has 0 saturated carbocycles. The summed E-state index contributed by atoms with van der Waals surface area (Å²) >= 11 is 3.33. The fraction of sp³-hybridized carbons (Fsp3) is 0.235. The number of hydrogen-bond donors (Lipinski definition) is 4. The number of aromatic nitrogens is 2. The van der Waals surface area contributed by atoms with Gasteiger partial charge < -0.3 is 20.8 Å². The van der Waals surface area contributed by atoms with Crippen molar-refractivity contribution in [2.45, 2.75) is 19.4 Å². The van der Waals surface area contributed by atoms with Crippen molar-refractivity contribution in [2.75, 3.05) is 6.54 Å². The van der Waals surface area contributed by atoms with E-state index >= 15 is 0 Å². The summed E-state index contributed by atoms with van der Waals surface area (Å²) in [5.41, 5.74) is 0.683. The van der Waals surface area contributed by atoms with Crippen LogP contribution in [0.4, 0.5) is 0 Å². The number of carboxylic acid groups (broad SMARTS) is 1. The Morgan fingerprint density at radius 2 is 1.85 bits per heavy atom. The summed E-state index contributed by atoms with van der Waals surface area (Å²) in [5.74, 6) is -3.42. The van der Waals surface area contributed by atoms with Crippen molar-refractivity contribution in [2.24, 2.45) is 0 Å². The van der Waals surface area contributed by atoms with Crippen molar-refractivity contribution in [1.82, 2.24) is 20.6 Å². The zero-order valence-corrected chi connectivity index (χ0v) is 15.9. The van der Waals surface area contributed by atoms with Crippen molar-refractivity contribution in [1.29, 1.82) is 0 Å². The minimum Gasteiger partial charge on any atom is -0.493 e. The molecule has 0 fully saturated rings. The Kier molecular flexibility index (Phi) is 6.83. The summed E-state index contributed by atoms with van der Waals surface area (Å²) in [6, 6.07) is 7.04. The van der Waals surface area contributed by atoms with Gasteiger partial charge in [0.15, 0.2) is 0 Å². The Balaban J connectivity index is 2.03. The van der Waals surface area contributed by atoms with Crippen LogP contribution in [-0.4, -0.2) is 44.5 Å². The molecule has 142 valence electrons. The molecule has 2 aromatic rings. The fourth-order valence-corrected chi connectivity index (χ4v) is 2.38. The molecule has 0 aliphatic carbocycles. The van der Waals surface area contributed by atoms with Crippen LogP contribution in [0, 0.1) is 0 Å². The lowest BCUT2D eigenvalue weighted by molar-refractivity contribution is -0.136. The lowest BCUT2D eigenvalue weighted by Gasteiger charge is -2.14. The third-order valence-electron chi connectivity index (χ3n) is 3.56. The highest BCUT2D eigenvalue weighted by atomic mass is 79.9. The quantitative estimate of drug-likeness (QED) is 0.516. The van der Waals surface area contributed by atoms with Crippen LogP contribution in [0.25, 0.3) is 0 Å². The predicted octanol–water partition coefficient (Wildman–Crippen LogP) is 1.64. The van der Waals surface area contributed by atoms with Gasteiger partial charge in [0.1, 0.15) is 5.56 Å². The fourth-order valence-electron chi connectivity index (χ4n) is 2.11. The molecule has 0 unspecified atom stereocenters. The molecule has 9 nitrogen and oxygen atoms in total.